The summed E-state index contributed by atoms with van der Waals surface area (Å²) in [6.45, 7) is 0.410. The summed E-state index contributed by atoms with van der Waals surface area (Å²) in [6, 6.07) is 0. The normalized spacial score (nSPS) is 21.9. The highest BCUT2D eigenvalue weighted by molar-refractivity contribution is 6.18. The third-order valence-corrected chi connectivity index (χ3v) is 2.67. The van der Waals surface area contributed by atoms with Crippen molar-refractivity contribution in [3.05, 3.63) is 0 Å². The summed E-state index contributed by atoms with van der Waals surface area (Å²) in [5, 5.41) is 2.61. The lowest BCUT2D eigenvalue weighted by Gasteiger charge is -2.27. The average Bonchev–Trinajstić information content (AvgIpc) is 2.14. The molecule has 0 aromatic carbocycles. The highest BCUT2D eigenvalue weighted by Gasteiger charge is 2.37. The number of carbonyl (C=O) groups is 1. The zero-order chi connectivity index (χ0) is 10.6. The van der Waals surface area contributed by atoms with E-state index in [1.165, 1.54) is 0 Å². The Bertz CT molecular complexity index is 201. The lowest BCUT2D eigenvalue weighted by molar-refractivity contribution is -0.129. The summed E-state index contributed by atoms with van der Waals surface area (Å²) in [6.07, 6.45) is 0.208. The molecule has 5 heteroatoms. The Kier molecular flexibility index (Phi) is 4.11. The third kappa shape index (κ3) is 3.40. The van der Waals surface area contributed by atoms with Gasteiger partial charge in [-0.2, -0.15) is 0 Å². The molecule has 1 saturated carbocycles. The van der Waals surface area contributed by atoms with Crippen molar-refractivity contribution in [1.82, 2.24) is 5.32 Å². The lowest BCUT2D eigenvalue weighted by atomic mass is 9.86. The van der Waals surface area contributed by atoms with Gasteiger partial charge >= 0.3 is 0 Å². The van der Waals surface area contributed by atoms with Crippen molar-refractivity contribution < 1.29 is 13.6 Å². The number of hydrogen-bond donors (Lipinski definition) is 1. The molecule has 14 heavy (non-hydrogen) atoms. The van der Waals surface area contributed by atoms with Crippen LogP contribution in [-0.4, -0.2) is 24.3 Å². The summed E-state index contributed by atoms with van der Waals surface area (Å²) in [4.78, 5) is 11.4. The van der Waals surface area contributed by atoms with Crippen LogP contribution < -0.4 is 5.32 Å². The van der Waals surface area contributed by atoms with E-state index in [0.29, 0.717) is 12.4 Å². The number of halogens is 3. The fourth-order valence-corrected chi connectivity index (χ4v) is 1.71. The Labute approximate surface area is 87.0 Å². The van der Waals surface area contributed by atoms with E-state index in [0.717, 1.165) is 0 Å². The Hall–Kier alpha value is -0.380. The van der Waals surface area contributed by atoms with Gasteiger partial charge in [-0.05, 0) is 12.8 Å². The Morgan fingerprint density at radius 1 is 1.43 bits per heavy atom. The second kappa shape index (κ2) is 4.91. The van der Waals surface area contributed by atoms with Crippen LogP contribution in [0.5, 0.6) is 0 Å². The zero-order valence-electron chi connectivity index (χ0n) is 7.86. The molecule has 0 spiro atoms. The molecule has 0 radical (unpaired) electrons. The van der Waals surface area contributed by atoms with E-state index < -0.39 is 5.92 Å². The average molecular weight is 226 g/mol. The highest BCUT2D eigenvalue weighted by atomic mass is 35.5. The second-order valence-corrected chi connectivity index (χ2v) is 3.99. The molecule has 1 N–H and O–H groups in total. The SMILES string of the molecule is O=C(NCCCl)C1CCC(F)(F)CC1. The first-order valence-corrected chi connectivity index (χ1v) is 5.30. The number of rotatable bonds is 3. The molecule has 0 bridgehead atoms. The first-order chi connectivity index (χ1) is 6.55. The van der Waals surface area contributed by atoms with Gasteiger partial charge in [0.05, 0.1) is 0 Å². The number of amides is 1. The van der Waals surface area contributed by atoms with E-state index in [9.17, 15) is 13.6 Å². The summed E-state index contributed by atoms with van der Waals surface area (Å²) in [7, 11) is 0. The van der Waals surface area contributed by atoms with Crippen LogP contribution in [0.15, 0.2) is 0 Å². The summed E-state index contributed by atoms with van der Waals surface area (Å²) in [5.41, 5.74) is 0. The number of hydrogen-bond acceptors (Lipinski definition) is 1. The van der Waals surface area contributed by atoms with E-state index in [4.69, 9.17) is 11.6 Å². The van der Waals surface area contributed by atoms with E-state index in [2.05, 4.69) is 5.32 Å². The topological polar surface area (TPSA) is 29.1 Å². The highest BCUT2D eigenvalue weighted by Crippen LogP contribution is 2.35. The van der Waals surface area contributed by atoms with Gasteiger partial charge in [0.25, 0.3) is 0 Å². The molecule has 0 saturated heterocycles. The molecule has 0 aromatic heterocycles. The molecule has 1 aliphatic rings. The standard InChI is InChI=1S/C9H14ClF2NO/c10-5-6-13-8(14)7-1-3-9(11,12)4-2-7/h7H,1-6H2,(H,13,14). The zero-order valence-corrected chi connectivity index (χ0v) is 8.62. The second-order valence-electron chi connectivity index (χ2n) is 3.61. The van der Waals surface area contributed by atoms with Crippen molar-refractivity contribution in [2.45, 2.75) is 31.6 Å². The van der Waals surface area contributed by atoms with Crippen LogP contribution in [0, 0.1) is 5.92 Å². The van der Waals surface area contributed by atoms with Crippen LogP contribution in [0.2, 0.25) is 0 Å². The lowest BCUT2D eigenvalue weighted by Crippen LogP contribution is -2.36. The third-order valence-electron chi connectivity index (χ3n) is 2.48. The summed E-state index contributed by atoms with van der Waals surface area (Å²) in [5.74, 6) is -2.60. The minimum Gasteiger partial charge on any atom is -0.355 e. The Morgan fingerprint density at radius 3 is 2.50 bits per heavy atom. The van der Waals surface area contributed by atoms with Crippen LogP contribution in [0.1, 0.15) is 25.7 Å². The number of alkyl halides is 3. The van der Waals surface area contributed by atoms with Gasteiger partial charge in [-0.1, -0.05) is 0 Å². The fourth-order valence-electron chi connectivity index (χ4n) is 1.62. The van der Waals surface area contributed by atoms with Crippen LogP contribution in [0.4, 0.5) is 8.78 Å². The summed E-state index contributed by atoms with van der Waals surface area (Å²) >= 11 is 5.40. The molecule has 1 rings (SSSR count). The van der Waals surface area contributed by atoms with Gasteiger partial charge in [0.2, 0.25) is 11.8 Å². The molecule has 0 heterocycles. The van der Waals surface area contributed by atoms with Crippen LogP contribution in [0.25, 0.3) is 0 Å². The molecule has 0 unspecified atom stereocenters. The first kappa shape index (κ1) is 11.7. The molecular formula is C9H14ClF2NO. The monoisotopic (exact) mass is 225 g/mol. The molecule has 0 aromatic rings. The molecule has 0 aliphatic heterocycles. The molecule has 1 fully saturated rings. The molecule has 2 nitrogen and oxygen atoms in total. The van der Waals surface area contributed by atoms with Gasteiger partial charge in [0.15, 0.2) is 0 Å². The molecule has 1 amide bonds. The predicted octanol–water partition coefficient (Wildman–Crippen LogP) is 2.17. The first-order valence-electron chi connectivity index (χ1n) is 4.77. The smallest absolute Gasteiger partial charge is 0.248 e. The maximum absolute atomic E-state index is 12.7. The fraction of sp³-hybridized carbons (Fsp3) is 0.889. The minimum atomic E-state index is -2.57. The Balaban J connectivity index is 2.30. The molecular weight excluding hydrogens is 212 g/mol. The maximum Gasteiger partial charge on any atom is 0.248 e. The van der Waals surface area contributed by atoms with Gasteiger partial charge in [0, 0.05) is 31.2 Å². The van der Waals surface area contributed by atoms with Crippen molar-refractivity contribution in [2.75, 3.05) is 12.4 Å². The maximum atomic E-state index is 12.7. The van der Waals surface area contributed by atoms with Gasteiger partial charge in [-0.3, -0.25) is 4.79 Å². The van der Waals surface area contributed by atoms with Crippen molar-refractivity contribution in [1.29, 1.82) is 0 Å². The van der Waals surface area contributed by atoms with Gasteiger partial charge in [0.1, 0.15) is 0 Å². The van der Waals surface area contributed by atoms with Gasteiger partial charge in [-0.25, -0.2) is 8.78 Å². The van der Waals surface area contributed by atoms with Crippen molar-refractivity contribution in [2.24, 2.45) is 5.92 Å². The van der Waals surface area contributed by atoms with E-state index in [-0.39, 0.29) is 37.5 Å². The van der Waals surface area contributed by atoms with Crippen LogP contribution in [0.3, 0.4) is 0 Å². The van der Waals surface area contributed by atoms with E-state index in [1.807, 2.05) is 0 Å². The molecule has 82 valence electrons. The van der Waals surface area contributed by atoms with E-state index in [1.54, 1.807) is 0 Å². The van der Waals surface area contributed by atoms with Gasteiger partial charge < -0.3 is 5.32 Å². The largest absolute Gasteiger partial charge is 0.355 e. The number of nitrogens with one attached hydrogen (secondary N) is 1. The van der Waals surface area contributed by atoms with Crippen molar-refractivity contribution in [3.63, 3.8) is 0 Å². The number of carbonyl (C=O) groups excluding carboxylic acids is 1. The minimum absolute atomic E-state index is 0.138. The van der Waals surface area contributed by atoms with Crippen molar-refractivity contribution >= 4 is 17.5 Å². The predicted molar refractivity (Wildman–Crippen MR) is 50.6 cm³/mol. The molecule has 1 aliphatic carbocycles. The molecule has 0 atom stereocenters. The van der Waals surface area contributed by atoms with Gasteiger partial charge in [-0.15, -0.1) is 11.6 Å². The van der Waals surface area contributed by atoms with E-state index >= 15 is 0 Å². The van der Waals surface area contributed by atoms with Crippen LogP contribution >= 0.6 is 11.6 Å². The quantitative estimate of drug-likeness (QED) is 0.733. The van der Waals surface area contributed by atoms with Crippen LogP contribution in [-0.2, 0) is 4.79 Å². The van der Waals surface area contributed by atoms with Crippen molar-refractivity contribution in [3.8, 4) is 0 Å². The summed E-state index contributed by atoms with van der Waals surface area (Å²) < 4.78 is 25.5. The Morgan fingerprint density at radius 2 is 2.00 bits per heavy atom.